The van der Waals surface area contributed by atoms with Crippen molar-refractivity contribution in [2.75, 3.05) is 33.8 Å². The van der Waals surface area contributed by atoms with Gasteiger partial charge in [0.1, 0.15) is 11.6 Å². The van der Waals surface area contributed by atoms with Crippen molar-refractivity contribution in [3.63, 3.8) is 0 Å². The number of ketones is 1. The molecule has 3 aromatic rings. The Kier molecular flexibility index (Phi) is 8.75. The first-order valence-corrected chi connectivity index (χ1v) is 10.9. The zero-order valence-corrected chi connectivity index (χ0v) is 20.5. The second-order valence-corrected chi connectivity index (χ2v) is 7.63. The maximum atomic E-state index is 13.4. The molecule has 0 amide bonds. The normalized spacial score (nSPS) is 11.0. The third-order valence-electron chi connectivity index (χ3n) is 5.05. The summed E-state index contributed by atoms with van der Waals surface area (Å²) in [6.07, 6.45) is 6.50. The molecule has 182 valence electrons. The first kappa shape index (κ1) is 25.6. The van der Waals surface area contributed by atoms with Crippen LogP contribution in [0.3, 0.4) is 0 Å². The smallest absolute Gasteiger partial charge is 0.203 e. The summed E-state index contributed by atoms with van der Waals surface area (Å²) >= 11 is 6.35. The van der Waals surface area contributed by atoms with Crippen LogP contribution in [-0.4, -0.2) is 34.2 Å². The van der Waals surface area contributed by atoms with Gasteiger partial charge in [-0.3, -0.25) is 4.79 Å². The maximum absolute atomic E-state index is 13.4. The first-order valence-electron chi connectivity index (χ1n) is 10.5. The third-order valence-corrected chi connectivity index (χ3v) is 5.34. The van der Waals surface area contributed by atoms with E-state index in [1.807, 2.05) is 24.3 Å². The van der Waals surface area contributed by atoms with Crippen LogP contribution >= 0.6 is 11.6 Å². The molecule has 0 saturated carbocycles. The van der Waals surface area contributed by atoms with Gasteiger partial charge in [-0.15, -0.1) is 0 Å². The fourth-order valence-corrected chi connectivity index (χ4v) is 3.57. The Morgan fingerprint density at radius 3 is 2.17 bits per heavy atom. The molecule has 0 radical (unpaired) electrons. The van der Waals surface area contributed by atoms with Gasteiger partial charge in [-0.05, 0) is 41.5 Å². The van der Waals surface area contributed by atoms with Crippen LogP contribution in [0.15, 0.2) is 60.8 Å². The summed E-state index contributed by atoms with van der Waals surface area (Å²) in [5.41, 5.74) is 2.42. The highest BCUT2D eigenvalue weighted by molar-refractivity contribution is 6.32. The van der Waals surface area contributed by atoms with Gasteiger partial charge in [0.05, 0.1) is 33.5 Å². The molecule has 8 heteroatoms. The predicted octanol–water partition coefficient (Wildman–Crippen LogP) is 6.49. The fraction of sp³-hybridized carbons (Fsp3) is 0.148. The summed E-state index contributed by atoms with van der Waals surface area (Å²) in [6.45, 7) is 0. The summed E-state index contributed by atoms with van der Waals surface area (Å²) in [7, 11) is 6.15. The van der Waals surface area contributed by atoms with Gasteiger partial charge in [0.25, 0.3) is 0 Å². The van der Waals surface area contributed by atoms with Gasteiger partial charge in [0.2, 0.25) is 5.75 Å². The number of carbonyl (C=O) groups excluding carboxylic acids is 1. The summed E-state index contributed by atoms with van der Waals surface area (Å²) in [4.78, 5) is 12.3. The Hall–Kier alpha value is -3.97. The highest BCUT2D eigenvalue weighted by Crippen LogP contribution is 2.39. The molecule has 0 unspecified atom stereocenters. The molecule has 0 aromatic heterocycles. The second kappa shape index (κ2) is 11.9. The molecule has 3 aromatic carbocycles. The number of hydrogen-bond acceptors (Lipinski definition) is 6. The van der Waals surface area contributed by atoms with Crippen LogP contribution in [0.2, 0.25) is 5.02 Å². The van der Waals surface area contributed by atoms with Crippen molar-refractivity contribution < 1.29 is 28.1 Å². The standard InChI is InChI=1S/C27H25ClFNO5/c1-32-24-16-22(30-11-10-23(31)19-6-5-7-20(29)14-19)18(15-21(24)28)9-8-17-12-25(33-2)27(35-4)26(13-17)34-3/h5-16,30H,1-4H3. The molecular formula is C27H25ClFNO5. The van der Waals surface area contributed by atoms with E-state index in [-0.39, 0.29) is 11.3 Å². The van der Waals surface area contributed by atoms with Crippen molar-refractivity contribution >= 4 is 35.2 Å². The SMILES string of the molecule is COc1cc(NC=CC(=O)c2cccc(F)c2)c(C=Cc2cc(OC)c(OC)c(OC)c2)cc1Cl. The van der Waals surface area contributed by atoms with Crippen LogP contribution in [0.4, 0.5) is 10.1 Å². The number of carbonyl (C=O) groups is 1. The van der Waals surface area contributed by atoms with E-state index in [1.165, 1.54) is 37.6 Å². The number of ether oxygens (including phenoxy) is 4. The van der Waals surface area contributed by atoms with E-state index >= 15 is 0 Å². The van der Waals surface area contributed by atoms with Crippen molar-refractivity contribution in [3.8, 4) is 23.0 Å². The average molecular weight is 498 g/mol. The number of hydrogen-bond donors (Lipinski definition) is 1. The van der Waals surface area contributed by atoms with Crippen LogP contribution < -0.4 is 24.3 Å². The topological polar surface area (TPSA) is 66.0 Å². The van der Waals surface area contributed by atoms with E-state index in [4.69, 9.17) is 30.5 Å². The fourth-order valence-electron chi connectivity index (χ4n) is 3.32. The lowest BCUT2D eigenvalue weighted by atomic mass is 10.1. The lowest BCUT2D eigenvalue weighted by Gasteiger charge is -2.13. The van der Waals surface area contributed by atoms with E-state index in [9.17, 15) is 9.18 Å². The Morgan fingerprint density at radius 1 is 0.886 bits per heavy atom. The maximum Gasteiger partial charge on any atom is 0.203 e. The molecule has 0 atom stereocenters. The van der Waals surface area contributed by atoms with E-state index in [0.717, 1.165) is 11.1 Å². The number of allylic oxidation sites excluding steroid dienone is 1. The monoisotopic (exact) mass is 497 g/mol. The minimum Gasteiger partial charge on any atom is -0.495 e. The number of methoxy groups -OCH3 is 4. The molecule has 0 aliphatic heterocycles. The highest BCUT2D eigenvalue weighted by atomic mass is 35.5. The van der Waals surface area contributed by atoms with Gasteiger partial charge in [0.15, 0.2) is 17.3 Å². The first-order chi connectivity index (χ1) is 16.9. The molecule has 0 fully saturated rings. The average Bonchev–Trinajstić information content (AvgIpc) is 2.87. The van der Waals surface area contributed by atoms with Gasteiger partial charge in [-0.2, -0.15) is 0 Å². The predicted molar refractivity (Wildman–Crippen MR) is 137 cm³/mol. The number of halogens is 2. The molecular weight excluding hydrogens is 473 g/mol. The van der Waals surface area contributed by atoms with Gasteiger partial charge < -0.3 is 24.3 Å². The summed E-state index contributed by atoms with van der Waals surface area (Å²) in [5.74, 6) is 1.19. The highest BCUT2D eigenvalue weighted by Gasteiger charge is 2.13. The van der Waals surface area contributed by atoms with E-state index in [2.05, 4.69) is 5.32 Å². The third kappa shape index (κ3) is 6.33. The van der Waals surface area contributed by atoms with Gasteiger partial charge in [-0.1, -0.05) is 35.9 Å². The quantitative estimate of drug-likeness (QED) is 0.196. The van der Waals surface area contributed by atoms with Crippen LogP contribution in [0.25, 0.3) is 12.2 Å². The second-order valence-electron chi connectivity index (χ2n) is 7.22. The van der Waals surface area contributed by atoms with E-state index in [1.54, 1.807) is 39.5 Å². The zero-order chi connectivity index (χ0) is 25.4. The van der Waals surface area contributed by atoms with Crippen molar-refractivity contribution in [2.45, 2.75) is 0 Å². The summed E-state index contributed by atoms with van der Waals surface area (Å²) in [6, 6.07) is 12.6. The molecule has 0 spiro atoms. The van der Waals surface area contributed by atoms with Crippen molar-refractivity contribution in [1.82, 2.24) is 0 Å². The molecule has 0 bridgehead atoms. The number of nitrogens with one attached hydrogen (secondary N) is 1. The summed E-state index contributed by atoms with van der Waals surface area (Å²) < 4.78 is 34.9. The van der Waals surface area contributed by atoms with E-state index in [0.29, 0.717) is 33.7 Å². The lowest BCUT2D eigenvalue weighted by Crippen LogP contribution is -1.98. The number of rotatable bonds is 10. The van der Waals surface area contributed by atoms with Crippen LogP contribution in [-0.2, 0) is 0 Å². The molecule has 35 heavy (non-hydrogen) atoms. The molecule has 0 aliphatic carbocycles. The molecule has 0 aliphatic rings. The Bertz CT molecular complexity index is 1250. The number of benzene rings is 3. The van der Waals surface area contributed by atoms with Crippen molar-refractivity contribution in [3.05, 3.63) is 88.3 Å². The van der Waals surface area contributed by atoms with Gasteiger partial charge in [0, 0.05) is 29.6 Å². The van der Waals surface area contributed by atoms with Crippen LogP contribution in [0, 0.1) is 5.82 Å². The van der Waals surface area contributed by atoms with Crippen LogP contribution in [0.1, 0.15) is 21.5 Å². The van der Waals surface area contributed by atoms with E-state index < -0.39 is 5.82 Å². The largest absolute Gasteiger partial charge is 0.495 e. The minimum absolute atomic E-state index is 0.249. The van der Waals surface area contributed by atoms with Crippen LogP contribution in [0.5, 0.6) is 23.0 Å². The molecule has 0 saturated heterocycles. The molecule has 3 rings (SSSR count). The Morgan fingerprint density at radius 2 is 1.57 bits per heavy atom. The van der Waals surface area contributed by atoms with Gasteiger partial charge in [-0.25, -0.2) is 4.39 Å². The molecule has 0 heterocycles. The van der Waals surface area contributed by atoms with Gasteiger partial charge >= 0.3 is 0 Å². The molecule has 1 N–H and O–H groups in total. The zero-order valence-electron chi connectivity index (χ0n) is 19.7. The molecule has 6 nitrogen and oxygen atoms in total. The van der Waals surface area contributed by atoms with Crippen molar-refractivity contribution in [2.24, 2.45) is 0 Å². The lowest BCUT2D eigenvalue weighted by molar-refractivity contribution is 0.104. The summed E-state index contributed by atoms with van der Waals surface area (Å²) in [5, 5.41) is 3.49. The number of anilines is 1. The Labute approximate surface area is 208 Å². The van der Waals surface area contributed by atoms with Crippen molar-refractivity contribution in [1.29, 1.82) is 0 Å². The Balaban J connectivity index is 1.91. The minimum atomic E-state index is -0.473.